The van der Waals surface area contributed by atoms with Gasteiger partial charge in [-0.2, -0.15) is 0 Å². The van der Waals surface area contributed by atoms with E-state index in [2.05, 4.69) is 23.8 Å². The molecule has 1 aromatic rings. The molecule has 5 heteroatoms. The van der Waals surface area contributed by atoms with Crippen molar-refractivity contribution in [1.82, 2.24) is 4.98 Å². The Bertz CT molecular complexity index is 376. The third-order valence-electron chi connectivity index (χ3n) is 2.40. The van der Waals surface area contributed by atoms with Gasteiger partial charge in [-0.1, -0.05) is 6.08 Å². The molecule has 1 rings (SSSR count). The number of nitro groups is 1. The number of hydrogen-bond acceptors (Lipinski definition) is 4. The number of hydrogen-bond donors (Lipinski definition) is 1. The highest BCUT2D eigenvalue weighted by Crippen LogP contribution is 2.13. The maximum absolute atomic E-state index is 10.4. The summed E-state index contributed by atoms with van der Waals surface area (Å²) in [5, 5.41) is 13.6. The predicted octanol–water partition coefficient (Wildman–Crippen LogP) is 3.15. The first kappa shape index (κ1) is 13.2. The molecule has 0 amide bonds. The average molecular weight is 235 g/mol. The van der Waals surface area contributed by atoms with Crippen LogP contribution in [0, 0.1) is 10.1 Å². The number of allylic oxidation sites excluding steroid dienone is 1. The summed E-state index contributed by atoms with van der Waals surface area (Å²) in [6.07, 6.45) is 6.25. The standard InChI is InChI=1S/C12H17N3O2/c1-3-4-5-6-10(2)14-12-8-7-11(9-13-12)15(16)17/h3,7-10H,1,4-6H2,2H3,(H,13,14). The van der Waals surface area contributed by atoms with Gasteiger partial charge in [0.25, 0.3) is 5.69 Å². The van der Waals surface area contributed by atoms with Crippen LogP contribution in [0.5, 0.6) is 0 Å². The van der Waals surface area contributed by atoms with Gasteiger partial charge in [-0.3, -0.25) is 10.1 Å². The molecule has 0 aromatic carbocycles. The quantitative estimate of drug-likeness (QED) is 0.341. The molecule has 0 saturated heterocycles. The van der Waals surface area contributed by atoms with E-state index in [0.717, 1.165) is 19.3 Å². The van der Waals surface area contributed by atoms with Crippen LogP contribution >= 0.6 is 0 Å². The molecule has 0 aliphatic heterocycles. The second kappa shape index (κ2) is 6.62. The van der Waals surface area contributed by atoms with Crippen molar-refractivity contribution in [3.05, 3.63) is 41.1 Å². The Morgan fingerprint density at radius 2 is 2.41 bits per heavy atom. The van der Waals surface area contributed by atoms with Crippen molar-refractivity contribution in [3.63, 3.8) is 0 Å². The van der Waals surface area contributed by atoms with Crippen LogP contribution in [0.3, 0.4) is 0 Å². The molecule has 0 bridgehead atoms. The fourth-order valence-electron chi connectivity index (χ4n) is 1.47. The third kappa shape index (κ3) is 4.63. The summed E-state index contributed by atoms with van der Waals surface area (Å²) in [5.41, 5.74) is 0.00913. The SMILES string of the molecule is C=CCCCC(C)Nc1ccc([N+](=O)[O-])cn1. The maximum Gasteiger partial charge on any atom is 0.287 e. The Morgan fingerprint density at radius 1 is 1.65 bits per heavy atom. The molecule has 1 aromatic heterocycles. The molecule has 1 unspecified atom stereocenters. The first-order valence-electron chi connectivity index (χ1n) is 5.61. The van der Waals surface area contributed by atoms with Gasteiger partial charge in [0.05, 0.1) is 4.92 Å². The minimum absolute atomic E-state index is 0.00913. The molecule has 0 spiro atoms. The normalized spacial score (nSPS) is 11.8. The number of rotatable bonds is 7. The average Bonchev–Trinajstić information content (AvgIpc) is 2.30. The number of anilines is 1. The third-order valence-corrected chi connectivity index (χ3v) is 2.40. The summed E-state index contributed by atoms with van der Waals surface area (Å²) < 4.78 is 0. The monoisotopic (exact) mass is 235 g/mol. The van der Waals surface area contributed by atoms with Crippen molar-refractivity contribution in [3.8, 4) is 0 Å². The molecule has 92 valence electrons. The fraction of sp³-hybridized carbons (Fsp3) is 0.417. The lowest BCUT2D eigenvalue weighted by Crippen LogP contribution is -2.15. The van der Waals surface area contributed by atoms with E-state index in [4.69, 9.17) is 0 Å². The second-order valence-electron chi connectivity index (χ2n) is 3.92. The molecule has 1 atom stereocenters. The zero-order chi connectivity index (χ0) is 12.7. The van der Waals surface area contributed by atoms with Gasteiger partial charge in [0.1, 0.15) is 12.0 Å². The topological polar surface area (TPSA) is 68.1 Å². The van der Waals surface area contributed by atoms with Gasteiger partial charge in [0.2, 0.25) is 0 Å². The smallest absolute Gasteiger partial charge is 0.287 e. The van der Waals surface area contributed by atoms with E-state index in [9.17, 15) is 10.1 Å². The zero-order valence-corrected chi connectivity index (χ0v) is 9.93. The molecular weight excluding hydrogens is 218 g/mol. The van der Waals surface area contributed by atoms with E-state index in [1.54, 1.807) is 6.07 Å². The number of nitrogens with one attached hydrogen (secondary N) is 1. The Labute approximate surface area is 101 Å². The molecule has 1 N–H and O–H groups in total. The lowest BCUT2D eigenvalue weighted by Gasteiger charge is -2.13. The summed E-state index contributed by atoms with van der Waals surface area (Å²) in [5.74, 6) is 0.668. The highest BCUT2D eigenvalue weighted by molar-refractivity contribution is 5.40. The molecule has 0 fully saturated rings. The van der Waals surface area contributed by atoms with Gasteiger partial charge in [0, 0.05) is 12.1 Å². The van der Waals surface area contributed by atoms with Gasteiger partial charge in [0.15, 0.2) is 0 Å². The van der Waals surface area contributed by atoms with Crippen LogP contribution in [0.1, 0.15) is 26.2 Å². The predicted molar refractivity (Wildman–Crippen MR) is 68.0 cm³/mol. The van der Waals surface area contributed by atoms with Crippen LogP contribution in [-0.2, 0) is 0 Å². The number of unbranched alkanes of at least 4 members (excludes halogenated alkanes) is 1. The van der Waals surface area contributed by atoms with E-state index < -0.39 is 4.92 Å². The van der Waals surface area contributed by atoms with Crippen molar-refractivity contribution >= 4 is 11.5 Å². The van der Waals surface area contributed by atoms with Gasteiger partial charge < -0.3 is 5.32 Å². The van der Waals surface area contributed by atoms with Crippen LogP contribution in [0.2, 0.25) is 0 Å². The summed E-state index contributed by atoms with van der Waals surface area (Å²) in [4.78, 5) is 14.0. The van der Waals surface area contributed by atoms with Gasteiger partial charge in [-0.05, 0) is 32.3 Å². The molecule has 5 nitrogen and oxygen atoms in total. The van der Waals surface area contributed by atoms with Gasteiger partial charge >= 0.3 is 0 Å². The van der Waals surface area contributed by atoms with Gasteiger partial charge in [-0.15, -0.1) is 6.58 Å². The highest BCUT2D eigenvalue weighted by atomic mass is 16.6. The molecule has 0 radical (unpaired) electrons. The van der Waals surface area contributed by atoms with Crippen LogP contribution < -0.4 is 5.32 Å². The first-order valence-corrected chi connectivity index (χ1v) is 5.61. The van der Waals surface area contributed by atoms with E-state index in [1.807, 2.05) is 6.08 Å². The number of nitrogens with zero attached hydrogens (tertiary/aromatic N) is 2. The maximum atomic E-state index is 10.4. The van der Waals surface area contributed by atoms with Crippen molar-refractivity contribution in [2.24, 2.45) is 0 Å². The molecular formula is C12H17N3O2. The lowest BCUT2D eigenvalue weighted by molar-refractivity contribution is -0.385. The summed E-state index contributed by atoms with van der Waals surface area (Å²) >= 11 is 0. The minimum atomic E-state index is -0.454. The molecule has 0 aliphatic carbocycles. The Kier molecular flexibility index (Phi) is 5.13. The molecule has 0 saturated carbocycles. The van der Waals surface area contributed by atoms with Crippen LogP contribution in [0.4, 0.5) is 11.5 Å². The number of pyridine rings is 1. The van der Waals surface area contributed by atoms with Gasteiger partial charge in [-0.25, -0.2) is 4.98 Å². The minimum Gasteiger partial charge on any atom is -0.368 e. The second-order valence-corrected chi connectivity index (χ2v) is 3.92. The largest absolute Gasteiger partial charge is 0.368 e. The summed E-state index contributed by atoms with van der Waals surface area (Å²) in [6.45, 7) is 5.73. The van der Waals surface area contributed by atoms with E-state index in [0.29, 0.717) is 11.9 Å². The van der Waals surface area contributed by atoms with Crippen molar-refractivity contribution in [2.45, 2.75) is 32.2 Å². The molecule has 0 aliphatic rings. The van der Waals surface area contributed by atoms with E-state index in [1.165, 1.54) is 12.3 Å². The fourth-order valence-corrected chi connectivity index (χ4v) is 1.47. The number of aromatic nitrogens is 1. The van der Waals surface area contributed by atoms with Crippen molar-refractivity contribution in [2.75, 3.05) is 5.32 Å². The first-order chi connectivity index (χ1) is 8.13. The van der Waals surface area contributed by atoms with Crippen LogP contribution in [0.25, 0.3) is 0 Å². The van der Waals surface area contributed by atoms with Crippen LogP contribution in [0.15, 0.2) is 31.0 Å². The van der Waals surface area contributed by atoms with E-state index in [-0.39, 0.29) is 5.69 Å². The lowest BCUT2D eigenvalue weighted by atomic mass is 10.1. The Balaban J connectivity index is 2.45. The highest BCUT2D eigenvalue weighted by Gasteiger charge is 2.06. The van der Waals surface area contributed by atoms with Crippen LogP contribution in [-0.4, -0.2) is 15.9 Å². The molecule has 1 heterocycles. The summed E-state index contributed by atoms with van der Waals surface area (Å²) in [6, 6.07) is 3.37. The van der Waals surface area contributed by atoms with Crippen molar-refractivity contribution < 1.29 is 4.92 Å². The Morgan fingerprint density at radius 3 is 2.94 bits per heavy atom. The Hall–Kier alpha value is -1.91. The zero-order valence-electron chi connectivity index (χ0n) is 9.93. The molecule has 17 heavy (non-hydrogen) atoms. The van der Waals surface area contributed by atoms with Crippen molar-refractivity contribution in [1.29, 1.82) is 0 Å². The summed E-state index contributed by atoms with van der Waals surface area (Å²) in [7, 11) is 0. The van der Waals surface area contributed by atoms with E-state index >= 15 is 0 Å².